The standard InChI is InChI=1S/C26H19NO/c1-18-17-28-26-22(18)13-8-14-23(26)25-16-21(19-9-4-2-5-10-19)15-24(27-25)20-11-6-3-7-12-20/h2-17H,1H3. The average Bonchev–Trinajstić information content (AvgIpc) is 3.16. The van der Waals surface area contributed by atoms with Crippen LogP contribution in [0.4, 0.5) is 0 Å². The lowest BCUT2D eigenvalue weighted by Gasteiger charge is -2.10. The Kier molecular flexibility index (Phi) is 4.02. The van der Waals surface area contributed by atoms with Crippen LogP contribution in [0, 0.1) is 6.92 Å². The molecule has 0 atom stereocenters. The van der Waals surface area contributed by atoms with Crippen molar-refractivity contribution in [2.45, 2.75) is 6.92 Å². The number of hydrogen-bond acceptors (Lipinski definition) is 2. The third-order valence-corrected chi connectivity index (χ3v) is 5.07. The molecule has 0 N–H and O–H groups in total. The fraction of sp³-hybridized carbons (Fsp3) is 0.0385. The van der Waals surface area contributed by atoms with E-state index in [2.05, 4.69) is 73.7 Å². The normalized spacial score (nSPS) is 11.0. The average molecular weight is 361 g/mol. The van der Waals surface area contributed by atoms with Crippen LogP contribution in [-0.2, 0) is 0 Å². The number of aryl methyl sites for hydroxylation is 1. The second-order valence-corrected chi connectivity index (χ2v) is 6.96. The molecule has 0 radical (unpaired) electrons. The van der Waals surface area contributed by atoms with Crippen LogP contribution in [0.15, 0.2) is 102 Å². The Morgan fingerprint density at radius 2 is 1.32 bits per heavy atom. The molecule has 5 aromatic rings. The number of pyridine rings is 1. The van der Waals surface area contributed by atoms with Gasteiger partial charge in [-0.25, -0.2) is 4.98 Å². The van der Waals surface area contributed by atoms with Crippen molar-refractivity contribution in [3.05, 3.63) is 103 Å². The Morgan fingerprint density at radius 3 is 2.07 bits per heavy atom. The SMILES string of the molecule is Cc1coc2c(-c3cc(-c4ccccc4)cc(-c4ccccc4)n3)cccc12. The molecule has 0 bridgehead atoms. The Balaban J connectivity index is 1.77. The summed E-state index contributed by atoms with van der Waals surface area (Å²) < 4.78 is 5.89. The number of aromatic nitrogens is 1. The molecule has 0 unspecified atom stereocenters. The summed E-state index contributed by atoms with van der Waals surface area (Å²) in [6.07, 6.45) is 1.81. The van der Waals surface area contributed by atoms with Gasteiger partial charge in [0.2, 0.25) is 0 Å². The van der Waals surface area contributed by atoms with Gasteiger partial charge in [0, 0.05) is 16.5 Å². The van der Waals surface area contributed by atoms with Crippen molar-refractivity contribution in [3.8, 4) is 33.6 Å². The molecule has 0 aliphatic carbocycles. The van der Waals surface area contributed by atoms with Crippen LogP contribution >= 0.6 is 0 Å². The second-order valence-electron chi connectivity index (χ2n) is 6.96. The first-order chi connectivity index (χ1) is 13.8. The minimum absolute atomic E-state index is 0.886. The van der Waals surface area contributed by atoms with E-state index in [4.69, 9.17) is 9.40 Å². The quantitative estimate of drug-likeness (QED) is 0.341. The van der Waals surface area contributed by atoms with E-state index in [0.29, 0.717) is 0 Å². The largest absolute Gasteiger partial charge is 0.463 e. The van der Waals surface area contributed by atoms with E-state index in [-0.39, 0.29) is 0 Å². The molecule has 3 aromatic carbocycles. The zero-order valence-corrected chi connectivity index (χ0v) is 15.6. The van der Waals surface area contributed by atoms with Gasteiger partial charge in [-0.05, 0) is 41.8 Å². The fourth-order valence-corrected chi connectivity index (χ4v) is 3.61. The van der Waals surface area contributed by atoms with E-state index < -0.39 is 0 Å². The minimum Gasteiger partial charge on any atom is -0.463 e. The molecule has 2 heterocycles. The van der Waals surface area contributed by atoms with Gasteiger partial charge in [0.15, 0.2) is 0 Å². The summed E-state index contributed by atoms with van der Waals surface area (Å²) in [5, 5.41) is 1.13. The number of furan rings is 1. The zero-order chi connectivity index (χ0) is 18.9. The molecule has 0 saturated carbocycles. The number of hydrogen-bond donors (Lipinski definition) is 0. The lowest BCUT2D eigenvalue weighted by molar-refractivity contribution is 0.614. The molecule has 134 valence electrons. The molecule has 0 aliphatic heterocycles. The number of para-hydroxylation sites is 1. The summed E-state index contributed by atoms with van der Waals surface area (Å²) in [4.78, 5) is 5.00. The first kappa shape index (κ1) is 16.5. The van der Waals surface area contributed by atoms with Crippen LogP contribution in [0.1, 0.15) is 5.56 Å². The van der Waals surface area contributed by atoms with Crippen molar-refractivity contribution in [3.63, 3.8) is 0 Å². The highest BCUT2D eigenvalue weighted by atomic mass is 16.3. The topological polar surface area (TPSA) is 26.0 Å². The zero-order valence-electron chi connectivity index (χ0n) is 15.6. The number of fused-ring (bicyclic) bond motifs is 1. The maximum absolute atomic E-state index is 5.89. The van der Waals surface area contributed by atoms with Crippen LogP contribution in [0.25, 0.3) is 44.6 Å². The summed E-state index contributed by atoms with van der Waals surface area (Å²) in [5.41, 5.74) is 8.33. The first-order valence-electron chi connectivity index (χ1n) is 9.40. The van der Waals surface area contributed by atoms with Gasteiger partial charge in [-0.2, -0.15) is 0 Å². The molecular formula is C26H19NO. The van der Waals surface area contributed by atoms with E-state index in [1.54, 1.807) is 0 Å². The van der Waals surface area contributed by atoms with Crippen LogP contribution < -0.4 is 0 Å². The van der Waals surface area contributed by atoms with Gasteiger partial charge in [0.1, 0.15) is 5.58 Å². The molecule has 0 saturated heterocycles. The van der Waals surface area contributed by atoms with E-state index in [0.717, 1.165) is 44.6 Å². The highest BCUT2D eigenvalue weighted by molar-refractivity contribution is 5.94. The van der Waals surface area contributed by atoms with E-state index >= 15 is 0 Å². The summed E-state index contributed by atoms with van der Waals surface area (Å²) in [7, 11) is 0. The summed E-state index contributed by atoms with van der Waals surface area (Å²) in [5.74, 6) is 0. The number of rotatable bonds is 3. The van der Waals surface area contributed by atoms with Crippen molar-refractivity contribution in [1.82, 2.24) is 4.98 Å². The molecule has 2 heteroatoms. The highest BCUT2D eigenvalue weighted by Gasteiger charge is 2.13. The molecule has 0 aliphatic rings. The Bertz CT molecular complexity index is 1200. The van der Waals surface area contributed by atoms with Crippen molar-refractivity contribution in [2.24, 2.45) is 0 Å². The molecule has 0 amide bonds. The minimum atomic E-state index is 0.886. The fourth-order valence-electron chi connectivity index (χ4n) is 3.61. The third kappa shape index (κ3) is 2.89. The monoisotopic (exact) mass is 361 g/mol. The first-order valence-corrected chi connectivity index (χ1v) is 9.40. The van der Waals surface area contributed by atoms with Crippen molar-refractivity contribution < 1.29 is 4.42 Å². The maximum Gasteiger partial charge on any atom is 0.143 e. The lowest BCUT2D eigenvalue weighted by atomic mass is 9.99. The summed E-state index contributed by atoms with van der Waals surface area (Å²) >= 11 is 0. The molecule has 5 rings (SSSR count). The molecule has 28 heavy (non-hydrogen) atoms. The van der Waals surface area contributed by atoms with Gasteiger partial charge >= 0.3 is 0 Å². The van der Waals surface area contributed by atoms with Gasteiger partial charge < -0.3 is 4.42 Å². The summed E-state index contributed by atoms with van der Waals surface area (Å²) in [6, 6.07) is 31.3. The summed E-state index contributed by atoms with van der Waals surface area (Å²) in [6.45, 7) is 2.07. The van der Waals surface area contributed by atoms with E-state index in [9.17, 15) is 0 Å². The Hall–Kier alpha value is -3.65. The van der Waals surface area contributed by atoms with Crippen molar-refractivity contribution in [2.75, 3.05) is 0 Å². The smallest absolute Gasteiger partial charge is 0.143 e. The molecular weight excluding hydrogens is 342 g/mol. The number of nitrogens with zero attached hydrogens (tertiary/aromatic N) is 1. The van der Waals surface area contributed by atoms with Crippen LogP contribution in [0.5, 0.6) is 0 Å². The third-order valence-electron chi connectivity index (χ3n) is 5.07. The van der Waals surface area contributed by atoms with Gasteiger partial charge in [0.05, 0.1) is 17.7 Å². The molecule has 2 nitrogen and oxygen atoms in total. The molecule has 0 fully saturated rings. The predicted molar refractivity (Wildman–Crippen MR) is 115 cm³/mol. The van der Waals surface area contributed by atoms with Gasteiger partial charge in [0.25, 0.3) is 0 Å². The lowest BCUT2D eigenvalue weighted by Crippen LogP contribution is -1.91. The molecule has 2 aromatic heterocycles. The Labute approximate surface area is 164 Å². The highest BCUT2D eigenvalue weighted by Crippen LogP contribution is 2.34. The predicted octanol–water partition coefficient (Wildman–Crippen LogP) is 7.14. The second kappa shape index (κ2) is 6.82. The Morgan fingerprint density at radius 1 is 0.643 bits per heavy atom. The van der Waals surface area contributed by atoms with Crippen LogP contribution in [-0.4, -0.2) is 4.98 Å². The van der Waals surface area contributed by atoms with Crippen LogP contribution in [0.3, 0.4) is 0 Å². The van der Waals surface area contributed by atoms with Crippen molar-refractivity contribution >= 4 is 11.0 Å². The van der Waals surface area contributed by atoms with E-state index in [1.807, 2.05) is 30.5 Å². The van der Waals surface area contributed by atoms with E-state index in [1.165, 1.54) is 5.56 Å². The van der Waals surface area contributed by atoms with Crippen molar-refractivity contribution in [1.29, 1.82) is 0 Å². The van der Waals surface area contributed by atoms with Crippen LogP contribution in [0.2, 0.25) is 0 Å². The van der Waals surface area contributed by atoms with Gasteiger partial charge in [-0.15, -0.1) is 0 Å². The van der Waals surface area contributed by atoms with Gasteiger partial charge in [-0.3, -0.25) is 0 Å². The van der Waals surface area contributed by atoms with Gasteiger partial charge in [-0.1, -0.05) is 72.8 Å². The maximum atomic E-state index is 5.89. The molecule has 0 spiro atoms. The number of benzene rings is 3.